The summed E-state index contributed by atoms with van der Waals surface area (Å²) in [4.78, 5) is 22.9. The molecule has 3 N–H and O–H groups in total. The van der Waals surface area contributed by atoms with Crippen LogP contribution in [0.3, 0.4) is 0 Å². The second kappa shape index (κ2) is 6.33. The minimum absolute atomic E-state index is 0.0613. The van der Waals surface area contributed by atoms with Crippen LogP contribution in [0, 0.1) is 5.92 Å². The molecule has 1 unspecified atom stereocenters. The Bertz CT molecular complexity index is 689. The van der Waals surface area contributed by atoms with E-state index in [0.29, 0.717) is 13.0 Å². The quantitative estimate of drug-likeness (QED) is 0.653. The van der Waals surface area contributed by atoms with E-state index in [-0.39, 0.29) is 12.5 Å². The number of hydrogen-bond donors (Lipinski definition) is 2. The van der Waals surface area contributed by atoms with E-state index < -0.39 is 26.2 Å². The summed E-state index contributed by atoms with van der Waals surface area (Å²) >= 11 is 0. The number of nitrogens with one attached hydrogen (secondary N) is 1. The smallest absolute Gasteiger partial charge is 0.330 e. The summed E-state index contributed by atoms with van der Waals surface area (Å²) in [6.45, 7) is 2.50. The number of rotatable bonds is 6. The van der Waals surface area contributed by atoms with Crippen LogP contribution in [-0.4, -0.2) is 30.6 Å². The van der Waals surface area contributed by atoms with E-state index in [0.717, 1.165) is 15.3 Å². The molecule has 0 aliphatic carbocycles. The average molecular weight is 304 g/mol. The lowest BCUT2D eigenvalue weighted by Crippen LogP contribution is -2.42. The summed E-state index contributed by atoms with van der Waals surface area (Å²) < 4.78 is 28.4. The highest BCUT2D eigenvalue weighted by Gasteiger charge is 2.21. The fraction of sp³-hybridized carbons (Fsp3) is 0.636. The van der Waals surface area contributed by atoms with Gasteiger partial charge in [-0.3, -0.25) is 9.36 Å². The predicted molar refractivity (Wildman–Crippen MR) is 74.9 cm³/mol. The van der Waals surface area contributed by atoms with E-state index >= 15 is 0 Å². The number of sulfonamides is 1. The monoisotopic (exact) mass is 304 g/mol. The first-order valence-corrected chi connectivity index (χ1v) is 7.65. The molecule has 9 heteroatoms. The van der Waals surface area contributed by atoms with Gasteiger partial charge in [0.1, 0.15) is 0 Å². The second-order valence-electron chi connectivity index (χ2n) is 4.79. The van der Waals surface area contributed by atoms with E-state index in [4.69, 9.17) is 5.73 Å². The fourth-order valence-corrected chi connectivity index (χ4v) is 3.00. The van der Waals surface area contributed by atoms with Crippen LogP contribution >= 0.6 is 0 Å². The van der Waals surface area contributed by atoms with Crippen LogP contribution in [-0.2, 0) is 24.1 Å². The van der Waals surface area contributed by atoms with Crippen molar-refractivity contribution in [1.29, 1.82) is 0 Å². The maximum atomic E-state index is 12.1. The number of nitrogens with zero attached hydrogens (tertiary/aromatic N) is 2. The first-order valence-electron chi connectivity index (χ1n) is 6.17. The van der Waals surface area contributed by atoms with Gasteiger partial charge in [-0.2, -0.15) is 0 Å². The average Bonchev–Trinajstić information content (AvgIpc) is 2.38. The molecule has 0 spiro atoms. The van der Waals surface area contributed by atoms with Crippen molar-refractivity contribution in [2.45, 2.75) is 18.2 Å². The minimum atomic E-state index is -3.95. The lowest BCUT2D eigenvalue weighted by atomic mass is 10.1. The van der Waals surface area contributed by atoms with Gasteiger partial charge in [0.15, 0.2) is 4.90 Å². The van der Waals surface area contributed by atoms with Crippen LogP contribution < -0.4 is 21.7 Å². The molecule has 0 aromatic carbocycles. The Hall–Kier alpha value is -1.45. The van der Waals surface area contributed by atoms with Crippen LogP contribution in [0.1, 0.15) is 13.3 Å². The van der Waals surface area contributed by atoms with Crippen molar-refractivity contribution in [2.24, 2.45) is 25.7 Å². The zero-order valence-electron chi connectivity index (χ0n) is 11.8. The molecule has 0 amide bonds. The standard InChI is InChI=1S/C11H20N4O4S/c1-8(4-5-12)6-13-20(18,19)9-7-14(2)11(17)15(3)10(9)16/h7-8,13H,4-6,12H2,1-3H3. The summed E-state index contributed by atoms with van der Waals surface area (Å²) in [6.07, 6.45) is 1.70. The molecule has 1 aromatic heterocycles. The van der Waals surface area contributed by atoms with Gasteiger partial charge in [-0.25, -0.2) is 17.9 Å². The maximum Gasteiger partial charge on any atom is 0.330 e. The summed E-state index contributed by atoms with van der Waals surface area (Å²) in [5, 5.41) is 0. The van der Waals surface area contributed by atoms with Crippen LogP contribution in [0.15, 0.2) is 20.7 Å². The Labute approximate surface area is 117 Å². The normalized spacial score (nSPS) is 13.4. The third-order valence-electron chi connectivity index (χ3n) is 2.99. The third-order valence-corrected chi connectivity index (χ3v) is 4.39. The van der Waals surface area contributed by atoms with Crippen molar-refractivity contribution in [3.63, 3.8) is 0 Å². The molecule has 1 rings (SSSR count). The largest absolute Gasteiger partial charge is 0.330 e. The van der Waals surface area contributed by atoms with Crippen molar-refractivity contribution in [1.82, 2.24) is 13.9 Å². The van der Waals surface area contributed by atoms with Gasteiger partial charge in [0.05, 0.1) is 0 Å². The zero-order valence-corrected chi connectivity index (χ0v) is 12.6. The molecule has 0 radical (unpaired) electrons. The van der Waals surface area contributed by atoms with E-state index in [2.05, 4.69) is 4.72 Å². The van der Waals surface area contributed by atoms with Gasteiger partial charge >= 0.3 is 5.69 Å². The summed E-state index contributed by atoms with van der Waals surface area (Å²) in [5.41, 5.74) is 3.97. The number of aromatic nitrogens is 2. The summed E-state index contributed by atoms with van der Waals surface area (Å²) in [7, 11) is -1.33. The summed E-state index contributed by atoms with van der Waals surface area (Å²) in [5.74, 6) is 0.0613. The van der Waals surface area contributed by atoms with Gasteiger partial charge in [0, 0.05) is 26.8 Å². The highest BCUT2D eigenvalue weighted by molar-refractivity contribution is 7.89. The molecule has 0 aliphatic heterocycles. The van der Waals surface area contributed by atoms with Gasteiger partial charge in [-0.15, -0.1) is 0 Å². The number of hydrogen-bond acceptors (Lipinski definition) is 5. The molecule has 0 bridgehead atoms. The van der Waals surface area contributed by atoms with Gasteiger partial charge in [-0.1, -0.05) is 6.92 Å². The summed E-state index contributed by atoms with van der Waals surface area (Å²) in [6, 6.07) is 0. The van der Waals surface area contributed by atoms with E-state index in [9.17, 15) is 18.0 Å². The lowest BCUT2D eigenvalue weighted by Gasteiger charge is -2.12. The van der Waals surface area contributed by atoms with Crippen LogP contribution in [0.5, 0.6) is 0 Å². The molecule has 1 atom stereocenters. The molecule has 1 aromatic rings. The molecule has 20 heavy (non-hydrogen) atoms. The Morgan fingerprint density at radius 2 is 1.95 bits per heavy atom. The maximum absolute atomic E-state index is 12.1. The fourth-order valence-electron chi connectivity index (χ4n) is 1.68. The molecular formula is C11H20N4O4S. The molecule has 0 saturated heterocycles. The van der Waals surface area contributed by atoms with Crippen LogP contribution in [0.25, 0.3) is 0 Å². The van der Waals surface area contributed by atoms with E-state index in [1.54, 1.807) is 0 Å². The Morgan fingerprint density at radius 3 is 2.50 bits per heavy atom. The third kappa shape index (κ3) is 3.56. The highest BCUT2D eigenvalue weighted by atomic mass is 32.2. The van der Waals surface area contributed by atoms with E-state index in [1.807, 2.05) is 6.92 Å². The molecule has 0 fully saturated rings. The van der Waals surface area contributed by atoms with Crippen molar-refractivity contribution in [3.05, 3.63) is 27.0 Å². The predicted octanol–water partition coefficient (Wildman–Crippen LogP) is -1.65. The van der Waals surface area contributed by atoms with Crippen molar-refractivity contribution in [2.75, 3.05) is 13.1 Å². The minimum Gasteiger partial charge on any atom is -0.330 e. The molecule has 0 saturated carbocycles. The Kier molecular flexibility index (Phi) is 5.26. The molecule has 114 valence electrons. The van der Waals surface area contributed by atoms with E-state index in [1.165, 1.54) is 14.1 Å². The number of aryl methyl sites for hydroxylation is 1. The topological polar surface area (TPSA) is 116 Å². The van der Waals surface area contributed by atoms with Gasteiger partial charge in [0.25, 0.3) is 5.56 Å². The first-order chi connectivity index (χ1) is 9.20. The number of nitrogens with two attached hydrogens (primary N) is 1. The molecular weight excluding hydrogens is 284 g/mol. The first kappa shape index (κ1) is 16.6. The van der Waals surface area contributed by atoms with Crippen molar-refractivity contribution in [3.8, 4) is 0 Å². The van der Waals surface area contributed by atoms with Gasteiger partial charge in [0.2, 0.25) is 10.0 Å². The highest BCUT2D eigenvalue weighted by Crippen LogP contribution is 2.03. The second-order valence-corrected chi connectivity index (χ2v) is 6.52. The zero-order chi connectivity index (χ0) is 15.5. The van der Waals surface area contributed by atoms with Crippen molar-refractivity contribution < 1.29 is 8.42 Å². The Morgan fingerprint density at radius 1 is 1.35 bits per heavy atom. The van der Waals surface area contributed by atoms with Crippen molar-refractivity contribution >= 4 is 10.0 Å². The SMILES string of the molecule is CC(CCN)CNS(=O)(=O)c1cn(C)c(=O)n(C)c1=O. The lowest BCUT2D eigenvalue weighted by molar-refractivity contribution is 0.513. The Balaban J connectivity index is 3.12. The molecule has 0 aliphatic rings. The van der Waals surface area contributed by atoms with Gasteiger partial charge in [-0.05, 0) is 18.9 Å². The molecule has 8 nitrogen and oxygen atoms in total. The molecule has 1 heterocycles. The van der Waals surface area contributed by atoms with Crippen LogP contribution in [0.4, 0.5) is 0 Å². The van der Waals surface area contributed by atoms with Crippen LogP contribution in [0.2, 0.25) is 0 Å². The van der Waals surface area contributed by atoms with Gasteiger partial charge < -0.3 is 10.3 Å².